The van der Waals surface area contributed by atoms with Gasteiger partial charge in [-0.15, -0.1) is 0 Å². The number of ether oxygens (including phenoxy) is 2. The minimum Gasteiger partial charge on any atom is -0.458 e. The van der Waals surface area contributed by atoms with E-state index in [0.717, 1.165) is 12.8 Å². The quantitative estimate of drug-likeness (QED) is 0.371. The van der Waals surface area contributed by atoms with Crippen molar-refractivity contribution in [3.05, 3.63) is 35.5 Å². The molecule has 0 spiro atoms. The normalized spacial score (nSPS) is 31.6. The van der Waals surface area contributed by atoms with Crippen LogP contribution in [0.5, 0.6) is 0 Å². The maximum absolute atomic E-state index is 12.4. The zero-order valence-corrected chi connectivity index (χ0v) is 15.6. The summed E-state index contributed by atoms with van der Waals surface area (Å²) in [7, 11) is 0. The highest BCUT2D eigenvalue weighted by molar-refractivity contribution is 5.92. The van der Waals surface area contributed by atoms with Gasteiger partial charge in [-0.1, -0.05) is 19.9 Å². The molecule has 0 aromatic heterocycles. The molecule has 2 rings (SSSR count). The van der Waals surface area contributed by atoms with E-state index < -0.39 is 43.3 Å². The Bertz CT molecular complexity index is 634. The minimum atomic E-state index is -0.859. The number of hydrogen-bond acceptors (Lipinski definition) is 7. The number of carbonyl (C=O) groups excluding carboxylic acids is 2. The Morgan fingerprint density at radius 2 is 2.15 bits per heavy atom. The van der Waals surface area contributed by atoms with Gasteiger partial charge in [-0.05, 0) is 42.9 Å². The number of fused-ring (bicyclic) bond motifs is 1. The lowest BCUT2D eigenvalue weighted by Crippen LogP contribution is -2.34. The van der Waals surface area contributed by atoms with Gasteiger partial charge >= 0.3 is 11.9 Å². The first-order valence-corrected chi connectivity index (χ1v) is 9.23. The van der Waals surface area contributed by atoms with Gasteiger partial charge in [0, 0.05) is 5.57 Å². The van der Waals surface area contributed by atoms with Crippen LogP contribution < -0.4 is 0 Å². The predicted octanol–water partition coefficient (Wildman–Crippen LogP) is 1.04. The van der Waals surface area contributed by atoms with Crippen molar-refractivity contribution in [2.24, 2.45) is 11.8 Å². The summed E-state index contributed by atoms with van der Waals surface area (Å²) in [6.45, 7) is 4.72. The molecule has 7 heteroatoms. The smallest absolute Gasteiger partial charge is 0.336 e. The molecule has 1 aliphatic carbocycles. The molecule has 0 aromatic rings. The molecule has 150 valence electrons. The lowest BCUT2D eigenvalue weighted by molar-refractivity contribution is -0.146. The highest BCUT2D eigenvalue weighted by Gasteiger charge is 2.45. The van der Waals surface area contributed by atoms with E-state index in [-0.39, 0.29) is 17.8 Å². The molecule has 0 aromatic carbocycles. The van der Waals surface area contributed by atoms with Crippen LogP contribution in [0.4, 0.5) is 0 Å². The van der Waals surface area contributed by atoms with Gasteiger partial charge in [-0.2, -0.15) is 0 Å². The van der Waals surface area contributed by atoms with E-state index >= 15 is 0 Å². The van der Waals surface area contributed by atoms with E-state index in [0.29, 0.717) is 24.3 Å². The summed E-state index contributed by atoms with van der Waals surface area (Å²) >= 11 is 0. The van der Waals surface area contributed by atoms with Crippen molar-refractivity contribution in [2.45, 2.75) is 44.8 Å². The molecule has 4 atom stereocenters. The summed E-state index contributed by atoms with van der Waals surface area (Å²) < 4.78 is 11.0. The van der Waals surface area contributed by atoms with E-state index in [1.807, 2.05) is 0 Å². The van der Waals surface area contributed by atoms with Crippen LogP contribution in [0.15, 0.2) is 35.5 Å². The lowest BCUT2D eigenvalue weighted by Gasteiger charge is -2.28. The van der Waals surface area contributed by atoms with Crippen LogP contribution >= 0.6 is 0 Å². The predicted molar refractivity (Wildman–Crippen MR) is 97.4 cm³/mol. The second kappa shape index (κ2) is 9.82. The third-order valence-electron chi connectivity index (χ3n) is 5.12. The summed E-state index contributed by atoms with van der Waals surface area (Å²) in [5, 5.41) is 28.0. The maximum Gasteiger partial charge on any atom is 0.336 e. The van der Waals surface area contributed by atoms with E-state index in [1.54, 1.807) is 6.08 Å². The van der Waals surface area contributed by atoms with Crippen molar-refractivity contribution in [1.29, 1.82) is 0 Å². The van der Waals surface area contributed by atoms with Gasteiger partial charge in [0.05, 0.1) is 31.3 Å². The first-order chi connectivity index (χ1) is 12.9. The average Bonchev–Trinajstić information content (AvgIpc) is 2.91. The van der Waals surface area contributed by atoms with Crippen LogP contribution in [-0.4, -0.2) is 59.3 Å². The lowest BCUT2D eigenvalue weighted by atomic mass is 9.83. The van der Waals surface area contributed by atoms with Gasteiger partial charge in [0.2, 0.25) is 0 Å². The first-order valence-electron chi connectivity index (χ1n) is 9.23. The van der Waals surface area contributed by atoms with Gasteiger partial charge in [-0.25, -0.2) is 9.59 Å². The van der Waals surface area contributed by atoms with Gasteiger partial charge in [0.1, 0.15) is 12.2 Å². The Labute approximate surface area is 159 Å². The van der Waals surface area contributed by atoms with Gasteiger partial charge < -0.3 is 24.8 Å². The molecule has 1 aliphatic heterocycles. The van der Waals surface area contributed by atoms with Crippen molar-refractivity contribution < 1.29 is 34.4 Å². The van der Waals surface area contributed by atoms with Crippen LogP contribution in [0.25, 0.3) is 0 Å². The Kier molecular flexibility index (Phi) is 7.77. The standard InChI is InChI=1S/C20H28O7/c1-12-4-3-5-14(10-22)9-17(27-20(25)15(11-23)6-7-21)18-13(2)19(24)26-16(18)8-12/h6,9,12,16-18,21-23H,2-5,7-8,10-11H2,1H3/b14-9+,15-6+/t12-,16+,17+,18-/m0/s1. The molecule has 1 saturated heterocycles. The highest BCUT2D eigenvalue weighted by atomic mass is 16.6. The molecule has 0 saturated carbocycles. The van der Waals surface area contributed by atoms with Crippen molar-refractivity contribution in [2.75, 3.05) is 19.8 Å². The van der Waals surface area contributed by atoms with Gasteiger partial charge in [0.15, 0.2) is 0 Å². The van der Waals surface area contributed by atoms with Crippen LogP contribution in [0.1, 0.15) is 32.6 Å². The topological polar surface area (TPSA) is 113 Å². The van der Waals surface area contributed by atoms with Crippen LogP contribution in [0.2, 0.25) is 0 Å². The molecule has 0 unspecified atom stereocenters. The number of carbonyl (C=O) groups is 2. The Balaban J connectivity index is 2.39. The number of rotatable bonds is 5. The molecule has 0 bridgehead atoms. The maximum atomic E-state index is 12.4. The molecule has 3 N–H and O–H groups in total. The molecule has 0 amide bonds. The Hall–Kier alpha value is -1.96. The number of hydrogen-bond donors (Lipinski definition) is 3. The zero-order valence-electron chi connectivity index (χ0n) is 15.6. The molecule has 7 nitrogen and oxygen atoms in total. The van der Waals surface area contributed by atoms with Gasteiger partial charge in [0.25, 0.3) is 0 Å². The summed E-state index contributed by atoms with van der Waals surface area (Å²) in [6, 6.07) is 0. The van der Waals surface area contributed by atoms with E-state index in [2.05, 4.69) is 13.5 Å². The minimum absolute atomic E-state index is 0.0747. The third-order valence-corrected chi connectivity index (χ3v) is 5.12. The average molecular weight is 380 g/mol. The molecule has 2 aliphatic rings. The summed E-state index contributed by atoms with van der Waals surface area (Å²) in [5.74, 6) is -1.56. The molecular weight excluding hydrogens is 352 g/mol. The summed E-state index contributed by atoms with van der Waals surface area (Å²) in [6.07, 6.45) is 4.60. The monoisotopic (exact) mass is 380 g/mol. The van der Waals surface area contributed by atoms with Crippen molar-refractivity contribution in [1.82, 2.24) is 0 Å². The van der Waals surface area contributed by atoms with Crippen molar-refractivity contribution in [3.63, 3.8) is 0 Å². The Morgan fingerprint density at radius 1 is 1.41 bits per heavy atom. The zero-order chi connectivity index (χ0) is 20.0. The first kappa shape index (κ1) is 21.3. The van der Waals surface area contributed by atoms with E-state index in [1.165, 1.54) is 6.08 Å². The number of aliphatic hydroxyl groups is 3. The molecule has 27 heavy (non-hydrogen) atoms. The highest BCUT2D eigenvalue weighted by Crippen LogP contribution is 2.37. The third kappa shape index (κ3) is 5.28. The molecule has 1 heterocycles. The molecule has 1 fully saturated rings. The fraction of sp³-hybridized carbons (Fsp3) is 0.600. The summed E-state index contributed by atoms with van der Waals surface area (Å²) in [4.78, 5) is 24.5. The van der Waals surface area contributed by atoms with E-state index in [9.17, 15) is 19.8 Å². The van der Waals surface area contributed by atoms with Crippen LogP contribution in [0.3, 0.4) is 0 Å². The molecular formula is C20H28O7. The van der Waals surface area contributed by atoms with Crippen LogP contribution in [-0.2, 0) is 19.1 Å². The number of esters is 2. The van der Waals surface area contributed by atoms with Crippen molar-refractivity contribution >= 4 is 11.9 Å². The Morgan fingerprint density at radius 3 is 2.78 bits per heavy atom. The second-order valence-corrected chi connectivity index (χ2v) is 7.15. The van der Waals surface area contributed by atoms with E-state index in [4.69, 9.17) is 14.6 Å². The summed E-state index contributed by atoms with van der Waals surface area (Å²) in [5.41, 5.74) is 0.870. The number of aliphatic hydroxyl groups excluding tert-OH is 3. The largest absolute Gasteiger partial charge is 0.458 e. The SMILES string of the molecule is C=C1C(=O)O[C@@H]2C[C@@H](C)CCC/C(CO)=C\[C@@H](OC(=O)/C(=C/CO)CO)[C@@H]12. The molecule has 0 radical (unpaired) electrons. The van der Waals surface area contributed by atoms with Crippen LogP contribution in [0, 0.1) is 11.8 Å². The van der Waals surface area contributed by atoms with Gasteiger partial charge in [-0.3, -0.25) is 0 Å². The fourth-order valence-electron chi connectivity index (χ4n) is 3.62. The fourth-order valence-corrected chi connectivity index (χ4v) is 3.62. The van der Waals surface area contributed by atoms with Crippen molar-refractivity contribution in [3.8, 4) is 0 Å². The second-order valence-electron chi connectivity index (χ2n) is 7.15.